The van der Waals surface area contributed by atoms with Crippen LogP contribution in [0.4, 0.5) is 4.39 Å². The minimum Gasteiger partial charge on any atom is -0.360 e. The molecule has 0 atom stereocenters. The van der Waals surface area contributed by atoms with Gasteiger partial charge in [0.2, 0.25) is 0 Å². The lowest BCUT2D eigenvalue weighted by atomic mass is 9.98. The van der Waals surface area contributed by atoms with Crippen molar-refractivity contribution in [3.63, 3.8) is 0 Å². The SMILES string of the molecule is CN(C)C(=O)c1cccc(CN2CC=C(c3c[nH]c4cc(F)ccc34)CC2)c1. The van der Waals surface area contributed by atoms with E-state index in [1.165, 1.54) is 17.7 Å². The Labute approximate surface area is 164 Å². The first-order valence-electron chi connectivity index (χ1n) is 9.50. The second kappa shape index (κ2) is 7.60. The van der Waals surface area contributed by atoms with E-state index in [2.05, 4.69) is 22.0 Å². The normalized spacial score (nSPS) is 14.9. The summed E-state index contributed by atoms with van der Waals surface area (Å²) < 4.78 is 13.4. The van der Waals surface area contributed by atoms with Crippen molar-refractivity contribution in [1.82, 2.24) is 14.8 Å². The number of rotatable bonds is 4. The molecule has 3 aromatic rings. The van der Waals surface area contributed by atoms with Gasteiger partial charge in [-0.3, -0.25) is 9.69 Å². The number of H-pyrrole nitrogens is 1. The summed E-state index contributed by atoms with van der Waals surface area (Å²) in [4.78, 5) is 19.3. The number of carbonyl (C=O) groups excluding carboxylic acids is 1. The van der Waals surface area contributed by atoms with Gasteiger partial charge in [-0.2, -0.15) is 0 Å². The summed E-state index contributed by atoms with van der Waals surface area (Å²) in [6, 6.07) is 12.8. The van der Waals surface area contributed by atoms with Crippen molar-refractivity contribution in [3.8, 4) is 0 Å². The highest BCUT2D eigenvalue weighted by Gasteiger charge is 2.17. The Morgan fingerprint density at radius 2 is 2.07 bits per heavy atom. The maximum atomic E-state index is 13.4. The third kappa shape index (κ3) is 3.71. The number of nitrogens with zero attached hydrogens (tertiary/aromatic N) is 2. The van der Waals surface area contributed by atoms with Crippen LogP contribution in [-0.4, -0.2) is 47.9 Å². The van der Waals surface area contributed by atoms with Crippen LogP contribution in [0.5, 0.6) is 0 Å². The van der Waals surface area contributed by atoms with E-state index in [1.54, 1.807) is 19.0 Å². The number of aromatic amines is 1. The molecular weight excluding hydrogens is 353 g/mol. The van der Waals surface area contributed by atoms with Crippen LogP contribution in [-0.2, 0) is 6.54 Å². The minimum absolute atomic E-state index is 0.0263. The maximum absolute atomic E-state index is 13.4. The highest BCUT2D eigenvalue weighted by atomic mass is 19.1. The Hall–Kier alpha value is -2.92. The predicted molar refractivity (Wildman–Crippen MR) is 111 cm³/mol. The summed E-state index contributed by atoms with van der Waals surface area (Å²) in [6.07, 6.45) is 5.17. The van der Waals surface area contributed by atoms with Gasteiger partial charge in [0.25, 0.3) is 5.91 Å². The van der Waals surface area contributed by atoms with Crippen LogP contribution in [0.25, 0.3) is 16.5 Å². The van der Waals surface area contributed by atoms with E-state index >= 15 is 0 Å². The number of hydrogen-bond donors (Lipinski definition) is 1. The summed E-state index contributed by atoms with van der Waals surface area (Å²) in [6.45, 7) is 2.62. The lowest BCUT2D eigenvalue weighted by molar-refractivity contribution is 0.0827. The molecule has 144 valence electrons. The number of nitrogens with one attached hydrogen (secondary N) is 1. The van der Waals surface area contributed by atoms with Gasteiger partial charge in [-0.05, 0) is 47.9 Å². The first-order valence-corrected chi connectivity index (χ1v) is 9.50. The number of carbonyl (C=O) groups is 1. The van der Waals surface area contributed by atoms with Crippen molar-refractivity contribution in [2.45, 2.75) is 13.0 Å². The van der Waals surface area contributed by atoms with Crippen molar-refractivity contribution in [2.24, 2.45) is 0 Å². The Bertz CT molecular complexity index is 1050. The third-order valence-electron chi connectivity index (χ3n) is 5.27. The molecule has 1 N–H and O–H groups in total. The number of amides is 1. The van der Waals surface area contributed by atoms with Crippen LogP contribution in [0.1, 0.15) is 27.9 Å². The molecule has 0 aliphatic carbocycles. The second-order valence-corrected chi connectivity index (χ2v) is 7.51. The molecule has 4 rings (SSSR count). The van der Waals surface area contributed by atoms with Crippen LogP contribution in [0.2, 0.25) is 0 Å². The van der Waals surface area contributed by atoms with E-state index in [0.717, 1.165) is 53.6 Å². The first-order chi connectivity index (χ1) is 13.5. The molecule has 4 nitrogen and oxygen atoms in total. The number of aromatic nitrogens is 1. The van der Waals surface area contributed by atoms with E-state index in [-0.39, 0.29) is 11.7 Å². The Morgan fingerprint density at radius 3 is 2.82 bits per heavy atom. The Balaban J connectivity index is 1.47. The number of fused-ring (bicyclic) bond motifs is 1. The van der Waals surface area contributed by atoms with Gasteiger partial charge in [0, 0.05) is 62.0 Å². The number of hydrogen-bond acceptors (Lipinski definition) is 2. The minimum atomic E-state index is -0.223. The van der Waals surface area contributed by atoms with Crippen LogP contribution >= 0.6 is 0 Å². The Morgan fingerprint density at radius 1 is 1.21 bits per heavy atom. The average molecular weight is 377 g/mol. The van der Waals surface area contributed by atoms with Gasteiger partial charge in [-0.1, -0.05) is 18.2 Å². The molecule has 0 fully saturated rings. The summed E-state index contributed by atoms with van der Waals surface area (Å²) >= 11 is 0. The Kier molecular flexibility index (Phi) is 5.01. The van der Waals surface area contributed by atoms with E-state index in [4.69, 9.17) is 0 Å². The molecule has 0 unspecified atom stereocenters. The number of benzene rings is 2. The first kappa shape index (κ1) is 18.4. The molecule has 0 bridgehead atoms. The summed E-state index contributed by atoms with van der Waals surface area (Å²) in [5.41, 5.74) is 5.16. The van der Waals surface area contributed by atoms with Crippen LogP contribution in [0, 0.1) is 5.82 Å². The van der Waals surface area contributed by atoms with Gasteiger partial charge < -0.3 is 9.88 Å². The third-order valence-corrected chi connectivity index (χ3v) is 5.27. The van der Waals surface area contributed by atoms with E-state index in [9.17, 15) is 9.18 Å². The van der Waals surface area contributed by atoms with Crippen LogP contribution in [0.15, 0.2) is 54.7 Å². The molecule has 1 aliphatic rings. The molecule has 0 radical (unpaired) electrons. The van der Waals surface area contributed by atoms with Gasteiger partial charge in [-0.25, -0.2) is 4.39 Å². The van der Waals surface area contributed by atoms with Crippen molar-refractivity contribution >= 4 is 22.4 Å². The quantitative estimate of drug-likeness (QED) is 0.736. The molecule has 0 saturated heterocycles. The molecule has 1 aliphatic heterocycles. The molecule has 2 aromatic carbocycles. The fraction of sp³-hybridized carbons (Fsp3) is 0.261. The van der Waals surface area contributed by atoms with Crippen molar-refractivity contribution in [3.05, 3.63) is 77.2 Å². The summed E-state index contributed by atoms with van der Waals surface area (Å²) in [5, 5.41) is 1.07. The van der Waals surface area contributed by atoms with E-state index in [1.807, 2.05) is 30.5 Å². The zero-order valence-corrected chi connectivity index (χ0v) is 16.2. The van der Waals surface area contributed by atoms with Crippen molar-refractivity contribution in [1.29, 1.82) is 0 Å². The molecule has 5 heteroatoms. The smallest absolute Gasteiger partial charge is 0.253 e. The molecular formula is C23H24FN3O. The van der Waals surface area contributed by atoms with Gasteiger partial charge in [-0.15, -0.1) is 0 Å². The molecule has 0 spiro atoms. The zero-order chi connectivity index (χ0) is 19.7. The fourth-order valence-corrected chi connectivity index (χ4v) is 3.78. The predicted octanol–water partition coefficient (Wildman–Crippen LogP) is 4.30. The maximum Gasteiger partial charge on any atom is 0.253 e. The van der Waals surface area contributed by atoms with E-state index in [0.29, 0.717) is 0 Å². The highest BCUT2D eigenvalue weighted by Crippen LogP contribution is 2.30. The van der Waals surface area contributed by atoms with Gasteiger partial charge in [0.1, 0.15) is 5.82 Å². The topological polar surface area (TPSA) is 39.3 Å². The van der Waals surface area contributed by atoms with Gasteiger partial charge >= 0.3 is 0 Å². The van der Waals surface area contributed by atoms with Crippen molar-refractivity contribution in [2.75, 3.05) is 27.2 Å². The lowest BCUT2D eigenvalue weighted by Gasteiger charge is -2.26. The van der Waals surface area contributed by atoms with Crippen LogP contribution < -0.4 is 0 Å². The van der Waals surface area contributed by atoms with Gasteiger partial charge in [0.15, 0.2) is 0 Å². The number of halogens is 1. The zero-order valence-electron chi connectivity index (χ0n) is 16.2. The molecule has 1 amide bonds. The monoisotopic (exact) mass is 377 g/mol. The fourth-order valence-electron chi connectivity index (χ4n) is 3.78. The molecule has 0 saturated carbocycles. The standard InChI is InChI=1S/C23H24FN3O/c1-26(2)23(28)18-5-3-4-16(12-18)15-27-10-8-17(9-11-27)21-14-25-22-13-19(24)6-7-20(21)22/h3-8,12-14,25H,9-11,15H2,1-2H3. The second-order valence-electron chi connectivity index (χ2n) is 7.51. The lowest BCUT2D eigenvalue weighted by Crippen LogP contribution is -2.28. The van der Waals surface area contributed by atoms with Crippen molar-refractivity contribution < 1.29 is 9.18 Å². The molecule has 28 heavy (non-hydrogen) atoms. The molecule has 1 aromatic heterocycles. The van der Waals surface area contributed by atoms with Gasteiger partial charge in [0.05, 0.1) is 0 Å². The summed E-state index contributed by atoms with van der Waals surface area (Å²) in [7, 11) is 3.54. The van der Waals surface area contributed by atoms with E-state index < -0.39 is 0 Å². The summed E-state index contributed by atoms with van der Waals surface area (Å²) in [5.74, 6) is -0.196. The molecule has 2 heterocycles. The largest absolute Gasteiger partial charge is 0.360 e. The highest BCUT2D eigenvalue weighted by molar-refractivity contribution is 5.94. The van der Waals surface area contributed by atoms with Crippen LogP contribution in [0.3, 0.4) is 0 Å². The average Bonchev–Trinajstić information content (AvgIpc) is 3.11.